The van der Waals surface area contributed by atoms with Gasteiger partial charge < -0.3 is 15.5 Å². The predicted octanol–water partition coefficient (Wildman–Crippen LogP) is 0.169. The summed E-state index contributed by atoms with van der Waals surface area (Å²) in [5.41, 5.74) is 0.00343. The van der Waals surface area contributed by atoms with E-state index in [4.69, 9.17) is 5.26 Å². The van der Waals surface area contributed by atoms with Gasteiger partial charge in [-0.3, -0.25) is 14.7 Å². The monoisotopic (exact) mass is 368 g/mol. The van der Waals surface area contributed by atoms with Crippen LogP contribution in [-0.4, -0.2) is 62.6 Å². The van der Waals surface area contributed by atoms with E-state index in [9.17, 15) is 19.8 Å². The third-order valence-electron chi connectivity index (χ3n) is 4.01. The SMILES string of the molecule is C[C@@H](O)[C@H]1C(=O)N2C(C(=O)O)=C(SC3CN=C(CC#N)NC3)S[C@H]12. The zero-order chi connectivity index (χ0) is 17.4. The van der Waals surface area contributed by atoms with Crippen molar-refractivity contribution in [2.24, 2.45) is 10.9 Å². The number of aliphatic hydroxyl groups is 1. The number of nitrogens with zero attached hydrogens (tertiary/aromatic N) is 3. The Bertz CT molecular complexity index is 685. The number of amidine groups is 1. The normalized spacial score (nSPS) is 30.0. The number of aliphatic carboxylic acids is 1. The maximum absolute atomic E-state index is 12.1. The second kappa shape index (κ2) is 6.66. The lowest BCUT2D eigenvalue weighted by molar-refractivity contribution is -0.156. The van der Waals surface area contributed by atoms with Crippen LogP contribution in [0.1, 0.15) is 13.3 Å². The number of nitriles is 1. The molecule has 0 aromatic carbocycles. The highest BCUT2D eigenvalue weighted by Crippen LogP contribution is 2.54. The van der Waals surface area contributed by atoms with Crippen molar-refractivity contribution in [3.63, 3.8) is 0 Å². The first kappa shape index (κ1) is 17.1. The Kier molecular flexibility index (Phi) is 4.76. The van der Waals surface area contributed by atoms with Crippen LogP contribution >= 0.6 is 23.5 Å². The number of thioether (sulfide) groups is 2. The number of rotatable bonds is 5. The molecule has 3 aliphatic heterocycles. The van der Waals surface area contributed by atoms with Gasteiger partial charge in [-0.1, -0.05) is 11.8 Å². The van der Waals surface area contributed by atoms with Gasteiger partial charge in [0.25, 0.3) is 0 Å². The highest BCUT2D eigenvalue weighted by atomic mass is 32.2. The number of carbonyl (C=O) groups excluding carboxylic acids is 1. The van der Waals surface area contributed by atoms with Gasteiger partial charge in [0.05, 0.1) is 35.3 Å². The Hall–Kier alpha value is -1.70. The third kappa shape index (κ3) is 2.87. The fourth-order valence-electron chi connectivity index (χ4n) is 2.82. The standard InChI is InChI=1S/C14H16N4O4S2/c1-6(19)9-11(20)18-10(13(21)22)14(24-12(9)18)23-7-4-16-8(2-3-15)17-5-7/h6-7,9,12,19H,2,4-5H2,1H3,(H,16,17)(H,21,22)/t6-,9+,12-/m1/s1. The van der Waals surface area contributed by atoms with Crippen molar-refractivity contribution in [1.29, 1.82) is 5.26 Å². The molecule has 0 spiro atoms. The molecule has 1 saturated heterocycles. The zero-order valence-corrected chi connectivity index (χ0v) is 14.4. The molecule has 0 saturated carbocycles. The van der Waals surface area contributed by atoms with Crippen molar-refractivity contribution in [2.45, 2.75) is 30.1 Å². The molecule has 10 heteroatoms. The Morgan fingerprint density at radius 2 is 2.42 bits per heavy atom. The number of aliphatic hydroxyl groups excluding tert-OH is 1. The zero-order valence-electron chi connectivity index (χ0n) is 12.8. The van der Waals surface area contributed by atoms with Gasteiger partial charge in [-0.2, -0.15) is 5.26 Å². The molecule has 0 bridgehead atoms. The fraction of sp³-hybridized carbons (Fsp3) is 0.571. The summed E-state index contributed by atoms with van der Waals surface area (Å²) < 4.78 is 0.578. The van der Waals surface area contributed by atoms with E-state index in [1.165, 1.54) is 28.4 Å². The number of hydrogen-bond acceptors (Lipinski definition) is 8. The van der Waals surface area contributed by atoms with Crippen LogP contribution in [0.2, 0.25) is 0 Å². The molecule has 1 unspecified atom stereocenters. The van der Waals surface area contributed by atoms with Crippen LogP contribution in [0.25, 0.3) is 0 Å². The Morgan fingerprint density at radius 1 is 1.67 bits per heavy atom. The molecule has 0 aliphatic carbocycles. The van der Waals surface area contributed by atoms with Gasteiger partial charge >= 0.3 is 5.97 Å². The number of fused-ring (bicyclic) bond motifs is 1. The summed E-state index contributed by atoms with van der Waals surface area (Å²) in [6, 6.07) is 2.03. The minimum absolute atomic E-state index is 0.00343. The summed E-state index contributed by atoms with van der Waals surface area (Å²) >= 11 is 2.70. The molecule has 0 aromatic rings. The minimum Gasteiger partial charge on any atom is -0.477 e. The second-order valence-corrected chi connectivity index (χ2v) is 8.36. The number of aliphatic imine (C=N–C) groups is 1. The number of amides is 1. The lowest BCUT2D eigenvalue weighted by atomic mass is 9.92. The molecule has 0 radical (unpaired) electrons. The quantitative estimate of drug-likeness (QED) is 0.586. The van der Waals surface area contributed by atoms with Crippen molar-refractivity contribution < 1.29 is 19.8 Å². The Morgan fingerprint density at radius 3 is 2.96 bits per heavy atom. The van der Waals surface area contributed by atoms with Gasteiger partial charge in [0, 0.05) is 11.8 Å². The lowest BCUT2D eigenvalue weighted by Crippen LogP contribution is -2.60. The van der Waals surface area contributed by atoms with Gasteiger partial charge in [0.2, 0.25) is 5.91 Å². The van der Waals surface area contributed by atoms with Crippen LogP contribution in [0.5, 0.6) is 0 Å². The predicted molar refractivity (Wildman–Crippen MR) is 90.0 cm³/mol. The van der Waals surface area contributed by atoms with Gasteiger partial charge in [-0.25, -0.2) is 4.79 Å². The largest absolute Gasteiger partial charge is 0.477 e. The van der Waals surface area contributed by atoms with E-state index >= 15 is 0 Å². The number of nitrogens with one attached hydrogen (secondary N) is 1. The van der Waals surface area contributed by atoms with E-state index in [2.05, 4.69) is 10.3 Å². The number of hydrogen-bond donors (Lipinski definition) is 3. The van der Waals surface area contributed by atoms with E-state index in [1.54, 1.807) is 6.92 Å². The molecule has 8 nitrogen and oxygen atoms in total. The molecule has 0 aromatic heterocycles. The van der Waals surface area contributed by atoms with Crippen LogP contribution in [0.3, 0.4) is 0 Å². The van der Waals surface area contributed by atoms with Crippen molar-refractivity contribution in [1.82, 2.24) is 10.2 Å². The average Bonchev–Trinajstić information content (AvgIpc) is 2.83. The lowest BCUT2D eigenvalue weighted by Gasteiger charge is -2.43. The molecule has 128 valence electrons. The highest BCUT2D eigenvalue weighted by Gasteiger charge is 2.57. The summed E-state index contributed by atoms with van der Waals surface area (Å²) in [5.74, 6) is -1.39. The smallest absolute Gasteiger partial charge is 0.354 e. The van der Waals surface area contributed by atoms with Gasteiger partial charge in [-0.15, -0.1) is 11.8 Å². The molecule has 3 N–H and O–H groups in total. The van der Waals surface area contributed by atoms with Crippen molar-refractivity contribution in [3.8, 4) is 6.07 Å². The second-order valence-electron chi connectivity index (χ2n) is 5.67. The first-order chi connectivity index (χ1) is 11.4. The van der Waals surface area contributed by atoms with Crippen molar-refractivity contribution in [2.75, 3.05) is 13.1 Å². The molecule has 1 amide bonds. The molecule has 4 atom stereocenters. The first-order valence-electron chi connectivity index (χ1n) is 7.40. The third-order valence-corrected chi connectivity index (χ3v) is 6.80. The summed E-state index contributed by atoms with van der Waals surface area (Å²) in [5, 5.41) is 30.6. The average molecular weight is 368 g/mol. The van der Waals surface area contributed by atoms with Crippen LogP contribution < -0.4 is 5.32 Å². The summed E-state index contributed by atoms with van der Waals surface area (Å²) in [6.07, 6.45) is -0.574. The topological polar surface area (TPSA) is 126 Å². The van der Waals surface area contributed by atoms with E-state index in [0.717, 1.165) is 0 Å². The van der Waals surface area contributed by atoms with E-state index in [1.807, 2.05) is 6.07 Å². The summed E-state index contributed by atoms with van der Waals surface area (Å²) in [4.78, 5) is 29.3. The van der Waals surface area contributed by atoms with Crippen LogP contribution in [0, 0.1) is 17.2 Å². The molecule has 3 rings (SSSR count). The van der Waals surface area contributed by atoms with Crippen molar-refractivity contribution >= 4 is 41.2 Å². The van der Waals surface area contributed by atoms with Crippen molar-refractivity contribution in [3.05, 3.63) is 9.93 Å². The van der Waals surface area contributed by atoms with Gasteiger partial charge in [0.15, 0.2) is 5.70 Å². The highest BCUT2D eigenvalue weighted by molar-refractivity contribution is 8.23. The van der Waals surface area contributed by atoms with E-state index < -0.39 is 18.0 Å². The molecule has 3 aliphatic rings. The maximum Gasteiger partial charge on any atom is 0.354 e. The van der Waals surface area contributed by atoms with E-state index in [-0.39, 0.29) is 28.6 Å². The first-order valence-corrected chi connectivity index (χ1v) is 9.16. The Labute approximate surface area is 147 Å². The van der Waals surface area contributed by atoms with Gasteiger partial charge in [0.1, 0.15) is 11.2 Å². The van der Waals surface area contributed by atoms with Crippen LogP contribution in [0.15, 0.2) is 14.9 Å². The molecular formula is C14H16N4O4S2. The number of carboxylic acid groups (broad SMARTS) is 1. The molecule has 1 fully saturated rings. The van der Waals surface area contributed by atoms with E-state index in [0.29, 0.717) is 23.2 Å². The van der Waals surface area contributed by atoms with Crippen LogP contribution in [-0.2, 0) is 9.59 Å². The molecule has 3 heterocycles. The number of carboxylic acids is 1. The fourth-order valence-corrected chi connectivity index (χ4v) is 5.98. The van der Waals surface area contributed by atoms with Gasteiger partial charge in [-0.05, 0) is 6.92 Å². The number of carbonyl (C=O) groups is 2. The number of β-lactam (4-membered cyclic amide) rings is 1. The summed E-state index contributed by atoms with van der Waals surface area (Å²) in [7, 11) is 0. The van der Waals surface area contributed by atoms with Crippen LogP contribution in [0.4, 0.5) is 0 Å². The molecular weight excluding hydrogens is 352 g/mol. The summed E-state index contributed by atoms with van der Waals surface area (Å²) in [6.45, 7) is 2.62. The molecule has 24 heavy (non-hydrogen) atoms. The Balaban J connectivity index is 1.73. The minimum atomic E-state index is -1.14. The maximum atomic E-state index is 12.1.